The van der Waals surface area contributed by atoms with Crippen molar-refractivity contribution < 1.29 is 22.4 Å². The van der Waals surface area contributed by atoms with Gasteiger partial charge in [-0.2, -0.15) is 0 Å². The van der Waals surface area contributed by atoms with Gasteiger partial charge in [0.2, 0.25) is 0 Å². The van der Waals surface area contributed by atoms with Gasteiger partial charge in [-0.15, -0.1) is 0 Å². The molecule has 0 aromatic heterocycles. The van der Waals surface area contributed by atoms with Crippen LogP contribution in [0.15, 0.2) is 0 Å². The number of hydrogen-bond donors (Lipinski definition) is 0. The van der Waals surface area contributed by atoms with Crippen molar-refractivity contribution in [3.05, 3.63) is 16.8 Å². The molecule has 26 valence electrons. The molecule has 2 nitrogen and oxygen atoms in total. The van der Waals surface area contributed by atoms with E-state index in [1.165, 1.54) is 5.01 Å². The van der Waals surface area contributed by atoms with Gasteiger partial charge in [-0.05, 0) is 0 Å². The van der Waals surface area contributed by atoms with Crippen molar-refractivity contribution in [2.45, 2.75) is 0 Å². The van der Waals surface area contributed by atoms with Gasteiger partial charge >= 0.3 is 22.4 Å². The second-order valence-corrected chi connectivity index (χ2v) is 0.0913. The van der Waals surface area contributed by atoms with Crippen molar-refractivity contribution in [3.8, 4) is 0 Å². The van der Waals surface area contributed by atoms with Crippen LogP contribution in [0, 0.1) is 11.8 Å². The third kappa shape index (κ3) is 2350. The summed E-state index contributed by atoms with van der Waals surface area (Å²) in [5.74, 6) is 0. The zero-order valence-electron chi connectivity index (χ0n) is 1.66. The first-order chi connectivity index (χ1) is 1.41. The maximum absolute atomic E-state index is 8.22. The fourth-order valence-corrected chi connectivity index (χ4v) is 0. The second kappa shape index (κ2) is 11.8. The Kier molecular flexibility index (Phi) is 26.4. The molecule has 0 spiro atoms. The summed E-state index contributed by atoms with van der Waals surface area (Å²) < 4.78 is 0. The van der Waals surface area contributed by atoms with E-state index in [9.17, 15) is 0 Å². The summed E-state index contributed by atoms with van der Waals surface area (Å²) in [7, 11) is 0. The van der Waals surface area contributed by atoms with E-state index in [0.717, 1.165) is 0 Å². The van der Waals surface area contributed by atoms with Gasteiger partial charge in [0.15, 0.2) is 0 Å². The normalized spacial score (nSPS) is 1.75. The molecule has 0 N–H and O–H groups in total. The van der Waals surface area contributed by atoms with Crippen LogP contribution in [0.5, 0.6) is 0 Å². The van der Waals surface area contributed by atoms with E-state index < -0.39 is 0 Å². The van der Waals surface area contributed by atoms with Crippen LogP contribution >= 0.6 is 0 Å². The summed E-state index contributed by atoms with van der Waals surface area (Å²) in [5.41, 5.74) is 0. The van der Waals surface area contributed by atoms with Crippen LogP contribution in [0.4, 0.5) is 0 Å². The second-order valence-electron chi connectivity index (χ2n) is 0.0913. The zero-order chi connectivity index (χ0) is 2.71. The maximum Gasteiger partial charge on any atom is 1.00 e. The van der Waals surface area contributed by atoms with E-state index in [2.05, 4.69) is 0 Å². The fourth-order valence-electron chi connectivity index (χ4n) is 0. The first-order valence-corrected chi connectivity index (χ1v) is 0.406. The van der Waals surface area contributed by atoms with Crippen molar-refractivity contribution in [1.29, 1.82) is 0 Å². The Morgan fingerprint density at radius 2 is 1.75 bits per heavy atom. The molecule has 0 saturated carbocycles. The molecule has 0 aromatic carbocycles. The molecule has 0 aliphatic heterocycles. The van der Waals surface area contributed by atoms with Crippen molar-refractivity contribution in [2.24, 2.45) is 0 Å². The standard InChI is InChI=1S/CNO.Ag/c1-2-3;/q-1;+1. The van der Waals surface area contributed by atoms with Gasteiger partial charge in [0, 0.05) is 0 Å². The molecule has 0 fully saturated rings. The van der Waals surface area contributed by atoms with Crippen LogP contribution < -0.4 is 0 Å². The molecule has 4 heavy (non-hydrogen) atoms. The Labute approximate surface area is 39.7 Å². The van der Waals surface area contributed by atoms with Crippen LogP contribution in [-0.2, 0) is 22.4 Å². The third-order valence-electron chi connectivity index (χ3n) is 0. The molecule has 0 bridgehead atoms. The van der Waals surface area contributed by atoms with Gasteiger partial charge in [-0.1, -0.05) is 0 Å². The topological polar surface area (TPSA) is 27.4 Å². The monoisotopic (exact) mass is 149 g/mol. The van der Waals surface area contributed by atoms with Gasteiger partial charge in [0.25, 0.3) is 0 Å². The van der Waals surface area contributed by atoms with E-state index in [-0.39, 0.29) is 22.4 Å². The third-order valence-corrected chi connectivity index (χ3v) is 0. The first-order valence-electron chi connectivity index (χ1n) is 0.406. The Balaban J connectivity index is 0. The van der Waals surface area contributed by atoms with Gasteiger partial charge in [0.1, 0.15) is 0 Å². The molecule has 0 radical (unpaired) electrons. The molecule has 0 aromatic rings. The number of hydrogen-bond acceptors (Lipinski definition) is 1. The van der Waals surface area contributed by atoms with Crippen LogP contribution in [-0.4, -0.2) is 0 Å². The predicted molar refractivity (Wildman–Crippen MR) is 9.97 cm³/mol. The number of nitrogens with zero attached hydrogens (tertiary/aromatic N) is 1. The molecule has 0 saturated heterocycles. The minimum Gasteiger partial charge on any atom is -0.539 e. The molecule has 3 heteroatoms. The fraction of sp³-hybridized carbons (Fsp3) is 0. The van der Waals surface area contributed by atoms with E-state index in [1.54, 1.807) is 0 Å². The summed E-state index contributed by atoms with van der Waals surface area (Å²) in [5, 5.41) is 9.72. The van der Waals surface area contributed by atoms with E-state index in [0.29, 0.717) is 0 Å². The van der Waals surface area contributed by atoms with Crippen LogP contribution in [0.2, 0.25) is 0 Å². The molecule has 0 rings (SSSR count). The minimum atomic E-state index is 0. The van der Waals surface area contributed by atoms with E-state index >= 15 is 0 Å². The zero-order valence-corrected chi connectivity index (χ0v) is 3.14. The van der Waals surface area contributed by atoms with E-state index in [1.807, 2.05) is 0 Å². The molecule has 0 aliphatic carbocycles. The molecular formula is CAgNO. The molecule has 0 unspecified atom stereocenters. The van der Waals surface area contributed by atoms with Crippen molar-refractivity contribution >= 4 is 0 Å². The van der Waals surface area contributed by atoms with Gasteiger partial charge in [-0.3, -0.25) is 5.01 Å². The van der Waals surface area contributed by atoms with Crippen LogP contribution in [0.3, 0.4) is 0 Å². The van der Waals surface area contributed by atoms with Gasteiger partial charge < -0.3 is 5.21 Å². The minimum absolute atomic E-state index is 0. The smallest absolute Gasteiger partial charge is 0.539 e. The number of rotatable bonds is 0. The van der Waals surface area contributed by atoms with Crippen LogP contribution in [0.1, 0.15) is 0 Å². The summed E-state index contributed by atoms with van der Waals surface area (Å²) >= 11 is 0. The largest absolute Gasteiger partial charge is 1.00 e. The van der Waals surface area contributed by atoms with Crippen molar-refractivity contribution in [2.75, 3.05) is 0 Å². The molecule has 0 amide bonds. The Morgan fingerprint density at radius 1 is 1.75 bits per heavy atom. The van der Waals surface area contributed by atoms with Crippen LogP contribution in [0.25, 0.3) is 5.01 Å². The summed E-state index contributed by atoms with van der Waals surface area (Å²) in [4.78, 5) is 0. The first kappa shape index (κ1) is 8.98. The SMILES string of the molecule is [Ag+].[C-]#[N+][O-]. The molecular weight excluding hydrogens is 150 g/mol. The maximum atomic E-state index is 8.22. The summed E-state index contributed by atoms with van der Waals surface area (Å²) in [6.07, 6.45) is 0. The van der Waals surface area contributed by atoms with Crippen molar-refractivity contribution in [1.82, 2.24) is 0 Å². The predicted octanol–water partition coefficient (Wildman–Crippen LogP) is 0.401. The Bertz CT molecular complexity index is 29.5. The van der Waals surface area contributed by atoms with Gasteiger partial charge in [0.05, 0.1) is 0 Å². The Hall–Kier alpha value is 0.0303. The Morgan fingerprint density at radius 3 is 1.75 bits per heavy atom. The average Bonchev–Trinajstić information content (AvgIpc) is 0.918. The quantitative estimate of drug-likeness (QED) is 0.279. The summed E-state index contributed by atoms with van der Waals surface area (Å²) in [6, 6.07) is 0. The molecule has 0 atom stereocenters. The summed E-state index contributed by atoms with van der Waals surface area (Å²) in [6.45, 7) is 5.28. The van der Waals surface area contributed by atoms with Crippen molar-refractivity contribution in [3.63, 3.8) is 0 Å². The van der Waals surface area contributed by atoms with E-state index in [4.69, 9.17) is 11.8 Å². The average molecular weight is 150 g/mol. The van der Waals surface area contributed by atoms with Gasteiger partial charge in [-0.25, -0.2) is 6.57 Å². The molecule has 0 aliphatic rings. The molecule has 0 heterocycles.